The minimum atomic E-state index is 0.770. The van der Waals surface area contributed by atoms with Crippen molar-refractivity contribution < 1.29 is 0 Å². The first-order valence-electron chi connectivity index (χ1n) is 4.92. The minimum Gasteiger partial charge on any atom is -0.309 e. The first-order valence-corrected chi connectivity index (χ1v) is 5.90. The molecule has 3 heteroatoms. The van der Waals surface area contributed by atoms with Crippen LogP contribution in [0.25, 0.3) is 0 Å². The topological polar surface area (TPSA) is 27.0 Å². The zero-order valence-electron chi connectivity index (χ0n) is 9.45. The number of hydrogen-bond donors (Lipinski definition) is 0. The zero-order chi connectivity index (χ0) is 11.3. The van der Waals surface area contributed by atoms with Crippen molar-refractivity contribution in [3.63, 3.8) is 0 Å². The first kappa shape index (κ1) is 12.1. The lowest BCUT2D eigenvalue weighted by Gasteiger charge is -2.09. The molecule has 0 atom stereocenters. The molecular formula is C12H16N2S. The number of aryl methyl sites for hydroxylation is 1. The molecule has 0 aliphatic heterocycles. The van der Waals surface area contributed by atoms with Crippen LogP contribution in [0, 0.1) is 18.3 Å². The van der Waals surface area contributed by atoms with Crippen molar-refractivity contribution in [2.75, 3.05) is 26.4 Å². The first-order chi connectivity index (χ1) is 7.13. The molecule has 15 heavy (non-hydrogen) atoms. The Kier molecular flexibility index (Phi) is 4.67. The number of nitrogens with zero attached hydrogens (tertiary/aromatic N) is 2. The number of nitriles is 1. The van der Waals surface area contributed by atoms with Crippen molar-refractivity contribution >= 4 is 11.8 Å². The van der Waals surface area contributed by atoms with Crippen molar-refractivity contribution in [2.45, 2.75) is 11.8 Å². The van der Waals surface area contributed by atoms with Crippen molar-refractivity contribution in [1.29, 1.82) is 5.26 Å². The van der Waals surface area contributed by atoms with Gasteiger partial charge in [0.15, 0.2) is 0 Å². The van der Waals surface area contributed by atoms with Crippen LogP contribution < -0.4 is 0 Å². The van der Waals surface area contributed by atoms with Gasteiger partial charge in [0, 0.05) is 17.2 Å². The standard InChI is InChI=1S/C12H16N2S/c1-10-8-12(5-4-11(10)9-13)15-7-6-14(2)3/h4-5,8H,6-7H2,1-3H3. The summed E-state index contributed by atoms with van der Waals surface area (Å²) in [5.41, 5.74) is 1.83. The average molecular weight is 220 g/mol. The molecule has 0 spiro atoms. The maximum atomic E-state index is 8.79. The number of thioether (sulfide) groups is 1. The van der Waals surface area contributed by atoms with E-state index in [4.69, 9.17) is 5.26 Å². The number of rotatable bonds is 4. The molecule has 2 nitrogen and oxygen atoms in total. The van der Waals surface area contributed by atoms with Gasteiger partial charge in [-0.05, 0) is 44.8 Å². The molecule has 0 bridgehead atoms. The van der Waals surface area contributed by atoms with Gasteiger partial charge in [-0.1, -0.05) is 0 Å². The second-order valence-corrected chi connectivity index (χ2v) is 4.91. The van der Waals surface area contributed by atoms with Crippen LogP contribution in [0.15, 0.2) is 23.1 Å². The van der Waals surface area contributed by atoms with Crippen LogP contribution in [0.4, 0.5) is 0 Å². The van der Waals surface area contributed by atoms with Crippen molar-refractivity contribution in [3.8, 4) is 6.07 Å². The van der Waals surface area contributed by atoms with Gasteiger partial charge in [0.2, 0.25) is 0 Å². The molecule has 0 fully saturated rings. The van der Waals surface area contributed by atoms with Gasteiger partial charge in [-0.2, -0.15) is 5.26 Å². The minimum absolute atomic E-state index is 0.770. The van der Waals surface area contributed by atoms with E-state index < -0.39 is 0 Å². The maximum absolute atomic E-state index is 8.79. The molecule has 1 rings (SSSR count). The Morgan fingerprint density at radius 3 is 2.67 bits per heavy atom. The van der Waals surface area contributed by atoms with Gasteiger partial charge in [0.05, 0.1) is 11.6 Å². The quantitative estimate of drug-likeness (QED) is 0.730. The van der Waals surface area contributed by atoms with E-state index >= 15 is 0 Å². The molecule has 0 radical (unpaired) electrons. The monoisotopic (exact) mass is 220 g/mol. The second kappa shape index (κ2) is 5.79. The van der Waals surface area contributed by atoms with Crippen LogP contribution in [0.1, 0.15) is 11.1 Å². The summed E-state index contributed by atoms with van der Waals surface area (Å²) in [6.45, 7) is 3.05. The van der Waals surface area contributed by atoms with E-state index in [0.29, 0.717) is 0 Å². The third kappa shape index (κ3) is 3.94. The molecule has 0 aliphatic carbocycles. The van der Waals surface area contributed by atoms with E-state index in [9.17, 15) is 0 Å². The summed E-state index contributed by atoms with van der Waals surface area (Å²) >= 11 is 1.83. The molecule has 0 unspecified atom stereocenters. The molecule has 0 amide bonds. The van der Waals surface area contributed by atoms with Gasteiger partial charge in [0.1, 0.15) is 0 Å². The van der Waals surface area contributed by atoms with Crippen molar-refractivity contribution in [3.05, 3.63) is 29.3 Å². The van der Waals surface area contributed by atoms with E-state index in [1.807, 2.05) is 30.8 Å². The smallest absolute Gasteiger partial charge is 0.0994 e. The fraction of sp³-hybridized carbons (Fsp3) is 0.417. The summed E-state index contributed by atoms with van der Waals surface area (Å²) in [6, 6.07) is 8.18. The van der Waals surface area contributed by atoms with Crippen LogP contribution in [0.5, 0.6) is 0 Å². The largest absolute Gasteiger partial charge is 0.309 e. The predicted molar refractivity (Wildman–Crippen MR) is 65.2 cm³/mol. The Balaban J connectivity index is 2.57. The number of benzene rings is 1. The van der Waals surface area contributed by atoms with Crippen LogP contribution in [0.2, 0.25) is 0 Å². The molecule has 1 aromatic rings. The van der Waals surface area contributed by atoms with Crippen LogP contribution in [-0.2, 0) is 0 Å². The molecular weight excluding hydrogens is 204 g/mol. The molecule has 0 N–H and O–H groups in total. The summed E-state index contributed by atoms with van der Waals surface area (Å²) in [6.07, 6.45) is 0. The molecule has 0 aliphatic rings. The maximum Gasteiger partial charge on any atom is 0.0994 e. The number of hydrogen-bond acceptors (Lipinski definition) is 3. The van der Waals surface area contributed by atoms with Crippen molar-refractivity contribution in [1.82, 2.24) is 4.90 Å². The molecule has 0 saturated carbocycles. The predicted octanol–water partition coefficient (Wildman–Crippen LogP) is 2.52. The highest BCUT2D eigenvalue weighted by atomic mass is 32.2. The van der Waals surface area contributed by atoms with Gasteiger partial charge in [0.25, 0.3) is 0 Å². The van der Waals surface area contributed by atoms with Crippen LogP contribution in [0.3, 0.4) is 0 Å². The average Bonchev–Trinajstić information content (AvgIpc) is 2.17. The van der Waals surface area contributed by atoms with Gasteiger partial charge in [-0.25, -0.2) is 0 Å². The summed E-state index contributed by atoms with van der Waals surface area (Å²) < 4.78 is 0. The SMILES string of the molecule is Cc1cc(SCCN(C)C)ccc1C#N. The lowest BCUT2D eigenvalue weighted by atomic mass is 10.1. The molecule has 80 valence electrons. The van der Waals surface area contributed by atoms with E-state index in [-0.39, 0.29) is 0 Å². The van der Waals surface area contributed by atoms with Crippen LogP contribution in [-0.4, -0.2) is 31.3 Å². The third-order valence-electron chi connectivity index (χ3n) is 2.13. The van der Waals surface area contributed by atoms with E-state index in [0.717, 1.165) is 23.4 Å². The highest BCUT2D eigenvalue weighted by molar-refractivity contribution is 7.99. The van der Waals surface area contributed by atoms with Crippen molar-refractivity contribution in [2.24, 2.45) is 0 Å². The highest BCUT2D eigenvalue weighted by Gasteiger charge is 2.00. The molecule has 0 heterocycles. The molecule has 1 aromatic carbocycles. The summed E-state index contributed by atoms with van der Waals surface area (Å²) in [4.78, 5) is 3.41. The normalized spacial score (nSPS) is 10.3. The van der Waals surface area contributed by atoms with E-state index in [1.54, 1.807) is 0 Å². The highest BCUT2D eigenvalue weighted by Crippen LogP contribution is 2.20. The molecule has 0 saturated heterocycles. The Bertz CT molecular complexity index is 366. The lowest BCUT2D eigenvalue weighted by Crippen LogP contribution is -2.14. The molecule has 0 aromatic heterocycles. The van der Waals surface area contributed by atoms with Crippen LogP contribution >= 0.6 is 11.8 Å². The Labute approximate surface area is 95.9 Å². The zero-order valence-corrected chi connectivity index (χ0v) is 10.3. The third-order valence-corrected chi connectivity index (χ3v) is 3.10. The van der Waals surface area contributed by atoms with E-state index in [1.165, 1.54) is 4.90 Å². The lowest BCUT2D eigenvalue weighted by molar-refractivity contribution is 0.437. The van der Waals surface area contributed by atoms with Gasteiger partial charge in [-0.3, -0.25) is 0 Å². The Hall–Kier alpha value is -0.980. The summed E-state index contributed by atoms with van der Waals surface area (Å²) in [5, 5.41) is 8.79. The second-order valence-electron chi connectivity index (χ2n) is 3.74. The van der Waals surface area contributed by atoms with Gasteiger partial charge in [-0.15, -0.1) is 11.8 Å². The van der Waals surface area contributed by atoms with E-state index in [2.05, 4.69) is 31.1 Å². The van der Waals surface area contributed by atoms with Gasteiger partial charge >= 0.3 is 0 Å². The Morgan fingerprint density at radius 1 is 1.40 bits per heavy atom. The van der Waals surface area contributed by atoms with Gasteiger partial charge < -0.3 is 4.90 Å². The summed E-state index contributed by atoms with van der Waals surface area (Å²) in [7, 11) is 4.15. The Morgan fingerprint density at radius 2 is 2.13 bits per heavy atom. The summed E-state index contributed by atoms with van der Waals surface area (Å²) in [5.74, 6) is 1.08. The fourth-order valence-electron chi connectivity index (χ4n) is 1.20. The fourth-order valence-corrected chi connectivity index (χ4v) is 2.31.